The second-order valence-corrected chi connectivity index (χ2v) is 7.64. The lowest BCUT2D eigenvalue weighted by Crippen LogP contribution is -2.43. The number of rotatable bonds is 6. The van der Waals surface area contributed by atoms with Crippen LogP contribution in [0.2, 0.25) is 0 Å². The van der Waals surface area contributed by atoms with Crippen LogP contribution in [0.5, 0.6) is 5.75 Å². The van der Waals surface area contributed by atoms with Crippen LogP contribution < -0.4 is 10.1 Å². The monoisotopic (exact) mass is 416 g/mol. The lowest BCUT2D eigenvalue weighted by molar-refractivity contribution is -0.133. The summed E-state index contributed by atoms with van der Waals surface area (Å²) in [5.41, 5.74) is 1.99. The maximum absolute atomic E-state index is 13.8. The van der Waals surface area contributed by atoms with Crippen LogP contribution in [-0.4, -0.2) is 35.9 Å². The van der Waals surface area contributed by atoms with E-state index in [0.29, 0.717) is 25.9 Å². The highest BCUT2D eigenvalue weighted by atomic mass is 19.1. The van der Waals surface area contributed by atoms with Crippen molar-refractivity contribution in [3.8, 4) is 5.75 Å². The number of halogens is 2. The molecule has 0 aromatic heterocycles. The summed E-state index contributed by atoms with van der Waals surface area (Å²) in [6, 6.07) is 10.6. The highest BCUT2D eigenvalue weighted by Crippen LogP contribution is 2.24. The molecule has 1 aliphatic heterocycles. The number of hydrogen-bond acceptors (Lipinski definition) is 3. The highest BCUT2D eigenvalue weighted by molar-refractivity contribution is 5.79. The third-order valence-electron chi connectivity index (χ3n) is 5.22. The number of nitrogens with zero attached hydrogens (tertiary/aromatic N) is 1. The van der Waals surface area contributed by atoms with Crippen LogP contribution >= 0.6 is 0 Å². The Labute approximate surface area is 175 Å². The molecule has 1 unspecified atom stereocenters. The second-order valence-electron chi connectivity index (χ2n) is 7.64. The lowest BCUT2D eigenvalue weighted by Gasteiger charge is -2.33. The summed E-state index contributed by atoms with van der Waals surface area (Å²) in [6.45, 7) is 4.37. The summed E-state index contributed by atoms with van der Waals surface area (Å²) < 4.78 is 32.5. The lowest BCUT2D eigenvalue weighted by atomic mass is 10.0. The Hall–Kier alpha value is -2.96. The predicted octanol–water partition coefficient (Wildman–Crippen LogP) is 3.91. The van der Waals surface area contributed by atoms with Gasteiger partial charge in [0.15, 0.2) is 11.6 Å². The first-order valence-corrected chi connectivity index (χ1v) is 10.0. The van der Waals surface area contributed by atoms with Crippen molar-refractivity contribution in [1.82, 2.24) is 10.2 Å². The van der Waals surface area contributed by atoms with Crippen LogP contribution in [0, 0.1) is 18.6 Å². The molecule has 1 saturated heterocycles. The SMILES string of the molecule is CC(=O)NC(CC(=O)N1CCC(Oc2ccc(F)cc2F)CC1)c1ccc(C)cc1. The van der Waals surface area contributed by atoms with Gasteiger partial charge in [-0.15, -0.1) is 0 Å². The van der Waals surface area contributed by atoms with Crippen LogP contribution in [0.4, 0.5) is 8.78 Å². The van der Waals surface area contributed by atoms with E-state index in [1.165, 1.54) is 13.0 Å². The van der Waals surface area contributed by atoms with E-state index in [9.17, 15) is 18.4 Å². The molecule has 0 saturated carbocycles. The number of aryl methyl sites for hydroxylation is 1. The molecule has 1 atom stereocenters. The van der Waals surface area contributed by atoms with Crippen LogP contribution in [0.3, 0.4) is 0 Å². The first-order valence-electron chi connectivity index (χ1n) is 10.0. The van der Waals surface area contributed by atoms with Crippen molar-refractivity contribution in [3.63, 3.8) is 0 Å². The quantitative estimate of drug-likeness (QED) is 0.777. The Bertz CT molecular complexity index is 894. The Kier molecular flexibility index (Phi) is 7.03. The molecule has 30 heavy (non-hydrogen) atoms. The fourth-order valence-corrected chi connectivity index (χ4v) is 3.57. The van der Waals surface area contributed by atoms with Gasteiger partial charge in [0.25, 0.3) is 0 Å². The topological polar surface area (TPSA) is 58.6 Å². The average molecular weight is 416 g/mol. The van der Waals surface area contributed by atoms with E-state index in [1.54, 1.807) is 4.90 Å². The van der Waals surface area contributed by atoms with Crippen LogP contribution in [0.1, 0.15) is 43.4 Å². The minimum atomic E-state index is -0.732. The number of likely N-dealkylation sites (tertiary alicyclic amines) is 1. The number of hydrogen-bond donors (Lipinski definition) is 1. The first kappa shape index (κ1) is 21.7. The van der Waals surface area contributed by atoms with E-state index in [2.05, 4.69) is 5.32 Å². The van der Waals surface area contributed by atoms with Crippen molar-refractivity contribution in [3.05, 3.63) is 65.2 Å². The molecule has 2 amide bonds. The molecule has 1 aliphatic rings. The molecule has 5 nitrogen and oxygen atoms in total. The fraction of sp³-hybridized carbons (Fsp3) is 0.391. The van der Waals surface area contributed by atoms with Crippen molar-refractivity contribution in [2.75, 3.05) is 13.1 Å². The highest BCUT2D eigenvalue weighted by Gasteiger charge is 2.27. The number of carbonyl (C=O) groups excluding carboxylic acids is 2. The molecule has 0 radical (unpaired) electrons. The molecule has 0 bridgehead atoms. The summed E-state index contributed by atoms with van der Waals surface area (Å²) in [7, 11) is 0. The van der Waals surface area contributed by atoms with Gasteiger partial charge in [0.05, 0.1) is 12.5 Å². The molecule has 7 heteroatoms. The van der Waals surface area contributed by atoms with E-state index >= 15 is 0 Å². The van der Waals surface area contributed by atoms with Crippen molar-refractivity contribution in [2.24, 2.45) is 0 Å². The summed E-state index contributed by atoms with van der Waals surface area (Å²) in [5, 5.41) is 2.85. The van der Waals surface area contributed by atoms with E-state index < -0.39 is 17.7 Å². The molecule has 0 aliphatic carbocycles. The summed E-state index contributed by atoms with van der Waals surface area (Å²) in [4.78, 5) is 26.2. The van der Waals surface area contributed by atoms with E-state index in [0.717, 1.165) is 23.3 Å². The molecule has 2 aromatic rings. The van der Waals surface area contributed by atoms with Gasteiger partial charge in [0, 0.05) is 38.9 Å². The maximum atomic E-state index is 13.8. The van der Waals surface area contributed by atoms with Crippen molar-refractivity contribution in [1.29, 1.82) is 0 Å². The molecule has 1 fully saturated rings. The Morgan fingerprint density at radius 3 is 2.40 bits per heavy atom. The van der Waals surface area contributed by atoms with Gasteiger partial charge in [-0.2, -0.15) is 0 Å². The Balaban J connectivity index is 1.56. The normalized spacial score (nSPS) is 15.5. The number of benzene rings is 2. The number of ether oxygens (including phenoxy) is 1. The third kappa shape index (κ3) is 5.78. The Morgan fingerprint density at radius 2 is 1.80 bits per heavy atom. The van der Waals surface area contributed by atoms with Gasteiger partial charge >= 0.3 is 0 Å². The summed E-state index contributed by atoms with van der Waals surface area (Å²) >= 11 is 0. The van der Waals surface area contributed by atoms with E-state index in [4.69, 9.17) is 4.74 Å². The summed E-state index contributed by atoms with van der Waals surface area (Å²) in [5.74, 6) is -1.61. The summed E-state index contributed by atoms with van der Waals surface area (Å²) in [6.07, 6.45) is 1.04. The van der Waals surface area contributed by atoms with Crippen LogP contribution in [0.15, 0.2) is 42.5 Å². The zero-order valence-corrected chi connectivity index (χ0v) is 17.2. The minimum Gasteiger partial charge on any atom is -0.487 e. The molecule has 1 N–H and O–H groups in total. The smallest absolute Gasteiger partial charge is 0.224 e. The number of amides is 2. The van der Waals surface area contributed by atoms with Crippen molar-refractivity contribution < 1.29 is 23.1 Å². The molecular formula is C23H26F2N2O3. The van der Waals surface area contributed by atoms with Gasteiger partial charge < -0.3 is 15.0 Å². The molecule has 1 heterocycles. The van der Waals surface area contributed by atoms with E-state index in [-0.39, 0.29) is 30.1 Å². The average Bonchev–Trinajstić information content (AvgIpc) is 2.70. The van der Waals surface area contributed by atoms with Crippen LogP contribution in [-0.2, 0) is 9.59 Å². The molecule has 2 aromatic carbocycles. The Morgan fingerprint density at radius 1 is 1.13 bits per heavy atom. The number of carbonyl (C=O) groups is 2. The van der Waals surface area contributed by atoms with Gasteiger partial charge in [-0.1, -0.05) is 29.8 Å². The van der Waals surface area contributed by atoms with E-state index in [1.807, 2.05) is 31.2 Å². The molecule has 160 valence electrons. The van der Waals surface area contributed by atoms with Gasteiger partial charge in [-0.3, -0.25) is 9.59 Å². The maximum Gasteiger partial charge on any atom is 0.224 e. The number of piperidine rings is 1. The standard InChI is InChI=1S/C23H26F2N2O3/c1-15-3-5-17(6-4-15)21(26-16(2)28)14-23(29)27-11-9-19(10-12-27)30-22-8-7-18(24)13-20(22)25/h3-8,13,19,21H,9-12,14H2,1-2H3,(H,26,28). The third-order valence-corrected chi connectivity index (χ3v) is 5.22. The van der Waals surface area contributed by atoms with Crippen molar-refractivity contribution in [2.45, 2.75) is 45.3 Å². The molecule has 3 rings (SSSR count). The van der Waals surface area contributed by atoms with Gasteiger partial charge in [-0.25, -0.2) is 8.78 Å². The van der Waals surface area contributed by atoms with Gasteiger partial charge in [0.2, 0.25) is 11.8 Å². The zero-order valence-electron chi connectivity index (χ0n) is 17.2. The zero-order chi connectivity index (χ0) is 21.7. The van der Waals surface area contributed by atoms with Gasteiger partial charge in [-0.05, 0) is 24.6 Å². The van der Waals surface area contributed by atoms with Crippen LogP contribution in [0.25, 0.3) is 0 Å². The molecule has 0 spiro atoms. The number of nitrogens with one attached hydrogen (secondary N) is 1. The fourth-order valence-electron chi connectivity index (χ4n) is 3.57. The van der Waals surface area contributed by atoms with Crippen molar-refractivity contribution >= 4 is 11.8 Å². The second kappa shape index (κ2) is 9.69. The largest absolute Gasteiger partial charge is 0.487 e. The molecular weight excluding hydrogens is 390 g/mol. The minimum absolute atomic E-state index is 0.0197. The first-order chi connectivity index (χ1) is 14.3. The predicted molar refractivity (Wildman–Crippen MR) is 109 cm³/mol. The van der Waals surface area contributed by atoms with Gasteiger partial charge in [0.1, 0.15) is 11.9 Å².